The van der Waals surface area contributed by atoms with Gasteiger partial charge in [0.25, 0.3) is 0 Å². The monoisotopic (exact) mass is 484 g/mol. The van der Waals surface area contributed by atoms with E-state index < -0.39 is 12.1 Å². The fraction of sp³-hybridized carbons (Fsp3) is 0.600. The maximum atomic E-state index is 11.7. The Balaban J connectivity index is 1.96. The summed E-state index contributed by atoms with van der Waals surface area (Å²) in [7, 11) is 0. The van der Waals surface area contributed by atoms with Gasteiger partial charge >= 0.3 is 11.9 Å². The molecule has 0 heterocycles. The summed E-state index contributed by atoms with van der Waals surface area (Å²) >= 11 is 0. The number of ether oxygens (including phenoxy) is 1. The predicted octanol–water partition coefficient (Wildman–Crippen LogP) is 6.43. The molecule has 0 aliphatic heterocycles. The number of carbonyl (C=O) groups is 2. The van der Waals surface area contributed by atoms with Crippen LogP contribution in [0.4, 0.5) is 0 Å². The van der Waals surface area contributed by atoms with Crippen molar-refractivity contribution in [2.75, 3.05) is 0 Å². The lowest BCUT2D eigenvalue weighted by Gasteiger charge is -2.35. The van der Waals surface area contributed by atoms with Crippen LogP contribution < -0.4 is 0 Å². The van der Waals surface area contributed by atoms with Crippen molar-refractivity contribution >= 4 is 11.9 Å². The standard InChI is InChI=1S/C30H44O5/c1-3-4-5-13-24-14-6-7-17-26(24)22-27(32)18-10-8-15-25-16-9-11-19-28(25)29(35-23(2)31)20-12-21-30(33)34/h6-8,10,14-15,17-18,25,27-29,32H,3-5,9,11-13,16,19-22H2,1-2H3,(H,33,34)/b15-8+,18-10+/t25-,27?,28+,29?/m0/s1. The zero-order valence-electron chi connectivity index (χ0n) is 21.5. The highest BCUT2D eigenvalue weighted by Crippen LogP contribution is 2.36. The first-order valence-corrected chi connectivity index (χ1v) is 13.4. The van der Waals surface area contributed by atoms with Crippen LogP contribution >= 0.6 is 0 Å². The summed E-state index contributed by atoms with van der Waals surface area (Å²) in [5.74, 6) is -0.652. The first kappa shape index (κ1) is 28.8. The molecule has 194 valence electrons. The van der Waals surface area contributed by atoms with Gasteiger partial charge in [0.05, 0.1) is 6.10 Å². The van der Waals surface area contributed by atoms with Crippen molar-refractivity contribution in [3.05, 3.63) is 59.7 Å². The first-order chi connectivity index (χ1) is 16.9. The zero-order valence-corrected chi connectivity index (χ0v) is 21.5. The molecule has 1 saturated carbocycles. The Kier molecular flexibility index (Phi) is 13.4. The number of aryl methyl sites for hydroxylation is 1. The van der Waals surface area contributed by atoms with Gasteiger partial charge in [-0.1, -0.05) is 81.2 Å². The number of unbranched alkanes of at least 4 members (excludes halogenated alkanes) is 2. The number of hydrogen-bond donors (Lipinski definition) is 2. The van der Waals surface area contributed by atoms with E-state index in [9.17, 15) is 14.7 Å². The van der Waals surface area contributed by atoms with Crippen molar-refractivity contribution in [2.45, 2.75) is 103 Å². The van der Waals surface area contributed by atoms with Crippen LogP contribution in [0.5, 0.6) is 0 Å². The van der Waals surface area contributed by atoms with E-state index in [1.807, 2.05) is 24.3 Å². The molecule has 0 amide bonds. The fourth-order valence-corrected chi connectivity index (χ4v) is 5.18. The normalized spacial score (nSPS) is 20.2. The third-order valence-corrected chi connectivity index (χ3v) is 6.95. The quantitative estimate of drug-likeness (QED) is 0.170. The molecule has 5 heteroatoms. The van der Waals surface area contributed by atoms with E-state index in [0.717, 1.165) is 32.1 Å². The van der Waals surface area contributed by atoms with Crippen LogP contribution in [0.3, 0.4) is 0 Å². The summed E-state index contributed by atoms with van der Waals surface area (Å²) in [5.41, 5.74) is 2.54. The van der Waals surface area contributed by atoms with Crippen LogP contribution in [0, 0.1) is 11.8 Å². The highest BCUT2D eigenvalue weighted by atomic mass is 16.5. The number of aliphatic hydroxyl groups is 1. The molecule has 35 heavy (non-hydrogen) atoms. The lowest BCUT2D eigenvalue weighted by Crippen LogP contribution is -2.33. The molecule has 1 fully saturated rings. The van der Waals surface area contributed by atoms with Crippen molar-refractivity contribution in [3.63, 3.8) is 0 Å². The molecule has 1 aromatic rings. The molecule has 1 aliphatic carbocycles. The minimum atomic E-state index is -0.820. The van der Waals surface area contributed by atoms with Crippen LogP contribution in [0.1, 0.15) is 89.2 Å². The third kappa shape index (κ3) is 11.3. The maximum Gasteiger partial charge on any atom is 0.303 e. The van der Waals surface area contributed by atoms with Gasteiger partial charge in [0, 0.05) is 25.7 Å². The molecule has 5 nitrogen and oxygen atoms in total. The lowest BCUT2D eigenvalue weighted by molar-refractivity contribution is -0.151. The summed E-state index contributed by atoms with van der Waals surface area (Å²) in [6.45, 7) is 3.63. The zero-order chi connectivity index (χ0) is 25.5. The topological polar surface area (TPSA) is 83.8 Å². The molecular weight excluding hydrogens is 440 g/mol. The predicted molar refractivity (Wildman–Crippen MR) is 140 cm³/mol. The maximum absolute atomic E-state index is 11.7. The van der Waals surface area contributed by atoms with Crippen LogP contribution in [0.15, 0.2) is 48.6 Å². The van der Waals surface area contributed by atoms with E-state index in [-0.39, 0.29) is 30.3 Å². The summed E-state index contributed by atoms with van der Waals surface area (Å²) in [4.78, 5) is 22.6. The number of carbonyl (C=O) groups excluding carboxylic acids is 1. The summed E-state index contributed by atoms with van der Waals surface area (Å²) in [5, 5.41) is 19.6. The van der Waals surface area contributed by atoms with Gasteiger partial charge in [-0.05, 0) is 55.6 Å². The molecule has 0 radical (unpaired) electrons. The van der Waals surface area contributed by atoms with Crippen molar-refractivity contribution in [3.8, 4) is 0 Å². The van der Waals surface area contributed by atoms with Crippen LogP contribution in [-0.2, 0) is 27.2 Å². The minimum absolute atomic E-state index is 0.0906. The highest BCUT2D eigenvalue weighted by molar-refractivity contribution is 5.67. The van der Waals surface area contributed by atoms with Crippen LogP contribution in [-0.4, -0.2) is 34.4 Å². The average molecular weight is 485 g/mol. The van der Waals surface area contributed by atoms with Crippen molar-refractivity contribution < 1.29 is 24.5 Å². The van der Waals surface area contributed by atoms with Gasteiger partial charge < -0.3 is 14.9 Å². The number of carboxylic acid groups (broad SMARTS) is 1. The third-order valence-electron chi connectivity index (χ3n) is 6.95. The molecule has 0 bridgehead atoms. The number of esters is 1. The van der Waals surface area contributed by atoms with Crippen molar-refractivity contribution in [1.82, 2.24) is 0 Å². The Morgan fingerprint density at radius 3 is 2.54 bits per heavy atom. The molecule has 0 saturated heterocycles. The minimum Gasteiger partial charge on any atom is -0.481 e. The summed E-state index contributed by atoms with van der Waals surface area (Å²) in [6, 6.07) is 8.39. The van der Waals surface area contributed by atoms with Crippen LogP contribution in [0.25, 0.3) is 0 Å². The van der Waals surface area contributed by atoms with E-state index in [4.69, 9.17) is 9.84 Å². The van der Waals surface area contributed by atoms with Gasteiger partial charge in [-0.2, -0.15) is 0 Å². The molecule has 0 aromatic heterocycles. The van der Waals surface area contributed by atoms with E-state index in [1.54, 1.807) is 0 Å². The lowest BCUT2D eigenvalue weighted by atomic mass is 9.75. The van der Waals surface area contributed by atoms with E-state index in [2.05, 4.69) is 31.2 Å². The molecule has 4 atom stereocenters. The van der Waals surface area contributed by atoms with Gasteiger partial charge in [0.2, 0.25) is 0 Å². The largest absolute Gasteiger partial charge is 0.481 e. The number of aliphatic carboxylic acids is 1. The second-order valence-corrected chi connectivity index (χ2v) is 9.81. The second kappa shape index (κ2) is 16.3. The Bertz CT molecular complexity index is 828. The molecule has 0 spiro atoms. The average Bonchev–Trinajstić information content (AvgIpc) is 2.82. The van der Waals surface area contributed by atoms with E-state index >= 15 is 0 Å². The van der Waals surface area contributed by atoms with Crippen molar-refractivity contribution in [2.24, 2.45) is 11.8 Å². The van der Waals surface area contributed by atoms with Gasteiger partial charge in [-0.15, -0.1) is 0 Å². The number of carboxylic acids is 1. The molecular formula is C30H44O5. The summed E-state index contributed by atoms with van der Waals surface area (Å²) in [6.07, 6.45) is 17.8. The number of benzene rings is 1. The highest BCUT2D eigenvalue weighted by Gasteiger charge is 2.32. The number of allylic oxidation sites excluding steroid dienone is 3. The van der Waals surface area contributed by atoms with Gasteiger partial charge in [-0.25, -0.2) is 0 Å². The Morgan fingerprint density at radius 2 is 1.83 bits per heavy atom. The second-order valence-electron chi connectivity index (χ2n) is 9.81. The molecule has 2 rings (SSSR count). The van der Waals surface area contributed by atoms with Crippen LogP contribution in [0.2, 0.25) is 0 Å². The molecule has 1 aromatic carbocycles. The van der Waals surface area contributed by atoms with Crippen molar-refractivity contribution in [1.29, 1.82) is 0 Å². The Labute approximate surface area is 211 Å². The molecule has 2 N–H and O–H groups in total. The first-order valence-electron chi connectivity index (χ1n) is 13.4. The summed E-state index contributed by atoms with van der Waals surface area (Å²) < 4.78 is 5.64. The van der Waals surface area contributed by atoms with Gasteiger partial charge in [-0.3, -0.25) is 9.59 Å². The number of rotatable bonds is 15. The van der Waals surface area contributed by atoms with Gasteiger partial charge in [0.1, 0.15) is 6.10 Å². The molecule has 1 aliphatic rings. The van der Waals surface area contributed by atoms with E-state index in [0.29, 0.717) is 19.3 Å². The Morgan fingerprint density at radius 1 is 1.09 bits per heavy atom. The number of aliphatic hydroxyl groups excluding tert-OH is 1. The molecule has 2 unspecified atom stereocenters. The van der Waals surface area contributed by atoms with Gasteiger partial charge in [0.15, 0.2) is 0 Å². The Hall–Kier alpha value is -2.40. The number of hydrogen-bond acceptors (Lipinski definition) is 4. The van der Waals surface area contributed by atoms with E-state index in [1.165, 1.54) is 37.3 Å². The fourth-order valence-electron chi connectivity index (χ4n) is 5.18. The smallest absolute Gasteiger partial charge is 0.303 e. The SMILES string of the molecule is CCCCCc1ccccc1CC(O)/C=C/C=C/[C@H]1CCCC[C@H]1C(CCCC(=O)O)OC(C)=O.